The van der Waals surface area contributed by atoms with E-state index in [9.17, 15) is 25.5 Å². The van der Waals surface area contributed by atoms with Gasteiger partial charge in [-0.3, -0.25) is 0 Å². The molecule has 202 valence electrons. The molecule has 0 aliphatic carbocycles. The molecule has 3 aliphatic rings. The molecule has 5 N–H and O–H groups in total. The van der Waals surface area contributed by atoms with Crippen molar-refractivity contribution in [1.29, 1.82) is 0 Å². The van der Waals surface area contributed by atoms with E-state index in [1.165, 1.54) is 14.2 Å². The van der Waals surface area contributed by atoms with Crippen LogP contribution in [0.3, 0.4) is 0 Å². The molecular weight excluding hydrogens is 488 g/mol. The minimum atomic E-state index is -1.55. The molecule has 0 saturated carbocycles. The highest BCUT2D eigenvalue weighted by Crippen LogP contribution is 2.51. The molecule has 3 saturated heterocycles. The summed E-state index contributed by atoms with van der Waals surface area (Å²) in [6.07, 6.45) is -7.41. The van der Waals surface area contributed by atoms with Gasteiger partial charge in [0.2, 0.25) is 6.29 Å². The Morgan fingerprint density at radius 2 is 1.38 bits per heavy atom. The van der Waals surface area contributed by atoms with Gasteiger partial charge in [-0.1, -0.05) is 12.1 Å². The second kappa shape index (κ2) is 10.6. The van der Waals surface area contributed by atoms with E-state index in [0.29, 0.717) is 24.7 Å². The van der Waals surface area contributed by atoms with Crippen molar-refractivity contribution < 1.29 is 54.0 Å². The maximum atomic E-state index is 10.3. The lowest BCUT2D eigenvalue weighted by Gasteiger charge is -2.39. The van der Waals surface area contributed by atoms with Crippen molar-refractivity contribution >= 4 is 0 Å². The predicted molar refractivity (Wildman–Crippen MR) is 126 cm³/mol. The fourth-order valence-corrected chi connectivity index (χ4v) is 5.35. The van der Waals surface area contributed by atoms with Crippen LogP contribution in [0, 0.1) is 11.8 Å². The molecule has 0 unspecified atom stereocenters. The van der Waals surface area contributed by atoms with E-state index in [1.807, 2.05) is 12.1 Å². The number of methoxy groups -OCH3 is 2. The zero-order valence-electron chi connectivity index (χ0n) is 20.5. The minimum absolute atomic E-state index is 0.0689. The number of fused-ring (bicyclic) bond motifs is 1. The van der Waals surface area contributed by atoms with Crippen LogP contribution in [0.5, 0.6) is 23.0 Å². The Hall–Kier alpha value is -2.64. The number of hydrogen-bond donors (Lipinski definition) is 5. The lowest BCUT2D eigenvalue weighted by atomic mass is 9.85. The van der Waals surface area contributed by atoms with Crippen LogP contribution in [0.25, 0.3) is 0 Å². The Bertz CT molecular complexity index is 1090. The molecule has 2 aromatic carbocycles. The Morgan fingerprint density at radius 1 is 0.784 bits per heavy atom. The molecule has 3 aliphatic heterocycles. The molecule has 0 spiro atoms. The second-order valence-electron chi connectivity index (χ2n) is 9.49. The molecule has 0 radical (unpaired) electrons. The first kappa shape index (κ1) is 26.0. The summed E-state index contributed by atoms with van der Waals surface area (Å²) in [4.78, 5) is 0. The molecule has 11 nitrogen and oxygen atoms in total. The molecule has 3 heterocycles. The summed E-state index contributed by atoms with van der Waals surface area (Å²) in [5, 5.41) is 49.7. The Kier molecular flexibility index (Phi) is 7.46. The molecule has 0 bridgehead atoms. The van der Waals surface area contributed by atoms with Gasteiger partial charge in [0, 0.05) is 11.8 Å². The standard InChI is InChI=1S/C26H32O11/c1-32-18-7-12(3-5-16(18)28)24-14-10-35-25(15(14)11-34-24)13-4-6-17(19(8-13)33-2)36-26-23(31)22(30)21(29)20(9-27)37-26/h3-8,14-15,20-31H,9-11H2,1-2H3/t14-,15+,20-,21-,22-,23-,24+,25-,26-/m1/s1. The fourth-order valence-electron chi connectivity index (χ4n) is 5.35. The van der Waals surface area contributed by atoms with Gasteiger partial charge in [-0.2, -0.15) is 0 Å². The number of rotatable bonds is 7. The van der Waals surface area contributed by atoms with E-state index < -0.39 is 37.3 Å². The molecule has 11 heteroatoms. The highest BCUT2D eigenvalue weighted by Gasteiger charge is 2.49. The number of aliphatic hydroxyl groups is 4. The van der Waals surface area contributed by atoms with Gasteiger partial charge < -0.3 is 54.0 Å². The molecule has 3 fully saturated rings. The van der Waals surface area contributed by atoms with Crippen LogP contribution in [0.1, 0.15) is 23.3 Å². The largest absolute Gasteiger partial charge is 0.504 e. The van der Waals surface area contributed by atoms with Gasteiger partial charge in [-0.15, -0.1) is 0 Å². The van der Waals surface area contributed by atoms with Crippen LogP contribution in [0.4, 0.5) is 0 Å². The number of ether oxygens (including phenoxy) is 6. The van der Waals surface area contributed by atoms with Crippen molar-refractivity contribution in [1.82, 2.24) is 0 Å². The smallest absolute Gasteiger partial charge is 0.229 e. The third-order valence-corrected chi connectivity index (χ3v) is 7.40. The van der Waals surface area contributed by atoms with Crippen LogP contribution in [-0.4, -0.2) is 90.3 Å². The maximum absolute atomic E-state index is 10.3. The SMILES string of the molecule is COc1cc([C@@H]2OC[C@H]3[C@H]2CO[C@@H]3c2ccc(O[C@@H]3O[C@H](CO)[C@@H](O)[C@@H](O)[C@H]3O)c(OC)c2)ccc1O. The minimum Gasteiger partial charge on any atom is -0.504 e. The van der Waals surface area contributed by atoms with Crippen LogP contribution in [0.15, 0.2) is 36.4 Å². The van der Waals surface area contributed by atoms with Crippen molar-refractivity contribution in [2.75, 3.05) is 34.0 Å². The number of aromatic hydroxyl groups is 1. The van der Waals surface area contributed by atoms with E-state index in [4.69, 9.17) is 28.4 Å². The number of hydrogen-bond acceptors (Lipinski definition) is 11. The normalized spacial score (nSPS) is 35.2. The molecule has 37 heavy (non-hydrogen) atoms. The van der Waals surface area contributed by atoms with Gasteiger partial charge in [0.1, 0.15) is 24.4 Å². The number of phenols is 1. The highest BCUT2D eigenvalue weighted by molar-refractivity contribution is 5.45. The fraction of sp³-hybridized carbons (Fsp3) is 0.538. The van der Waals surface area contributed by atoms with Gasteiger partial charge in [-0.05, 0) is 35.4 Å². The Balaban J connectivity index is 1.32. The van der Waals surface area contributed by atoms with E-state index in [1.54, 1.807) is 24.3 Å². The van der Waals surface area contributed by atoms with E-state index in [-0.39, 0.29) is 35.5 Å². The molecule has 0 aromatic heterocycles. The predicted octanol–water partition coefficient (Wildman–Crippen LogP) is 0.663. The molecule has 2 aromatic rings. The lowest BCUT2D eigenvalue weighted by Crippen LogP contribution is -2.60. The number of benzene rings is 2. The molecule has 9 atom stereocenters. The summed E-state index contributed by atoms with van der Waals surface area (Å²) in [5.74, 6) is 1.27. The zero-order chi connectivity index (χ0) is 26.3. The summed E-state index contributed by atoms with van der Waals surface area (Å²) in [7, 11) is 2.98. The van der Waals surface area contributed by atoms with Gasteiger partial charge in [-0.25, -0.2) is 0 Å². The van der Waals surface area contributed by atoms with Crippen LogP contribution >= 0.6 is 0 Å². The molecular formula is C26H32O11. The van der Waals surface area contributed by atoms with Crippen LogP contribution in [0.2, 0.25) is 0 Å². The van der Waals surface area contributed by atoms with E-state index >= 15 is 0 Å². The highest BCUT2D eigenvalue weighted by atomic mass is 16.7. The van der Waals surface area contributed by atoms with Crippen molar-refractivity contribution in [3.8, 4) is 23.0 Å². The topological polar surface area (TPSA) is 157 Å². The zero-order valence-corrected chi connectivity index (χ0v) is 20.5. The van der Waals surface area contributed by atoms with E-state index in [0.717, 1.165) is 11.1 Å². The third-order valence-electron chi connectivity index (χ3n) is 7.40. The Morgan fingerprint density at radius 3 is 1.97 bits per heavy atom. The van der Waals surface area contributed by atoms with Crippen molar-refractivity contribution in [2.24, 2.45) is 11.8 Å². The lowest BCUT2D eigenvalue weighted by molar-refractivity contribution is -0.277. The van der Waals surface area contributed by atoms with Crippen molar-refractivity contribution in [3.05, 3.63) is 47.5 Å². The van der Waals surface area contributed by atoms with Crippen LogP contribution < -0.4 is 14.2 Å². The summed E-state index contributed by atoms with van der Waals surface area (Å²) in [5.41, 5.74) is 1.77. The van der Waals surface area contributed by atoms with Gasteiger partial charge in [0.05, 0.1) is 46.2 Å². The second-order valence-corrected chi connectivity index (χ2v) is 9.49. The molecule has 0 amide bonds. The van der Waals surface area contributed by atoms with Crippen LogP contribution in [-0.2, 0) is 14.2 Å². The van der Waals surface area contributed by atoms with Gasteiger partial charge in [0.15, 0.2) is 23.0 Å². The summed E-state index contributed by atoms with van der Waals surface area (Å²) < 4.78 is 34.3. The number of phenolic OH excluding ortho intramolecular Hbond substituents is 1. The number of aliphatic hydroxyl groups excluding tert-OH is 4. The average molecular weight is 521 g/mol. The maximum Gasteiger partial charge on any atom is 0.229 e. The Labute approximate surface area is 213 Å². The van der Waals surface area contributed by atoms with Crippen molar-refractivity contribution in [3.63, 3.8) is 0 Å². The summed E-state index contributed by atoms with van der Waals surface area (Å²) in [6, 6.07) is 10.5. The molecule has 5 rings (SSSR count). The first-order valence-corrected chi connectivity index (χ1v) is 12.1. The van der Waals surface area contributed by atoms with Crippen molar-refractivity contribution in [2.45, 2.75) is 42.9 Å². The monoisotopic (exact) mass is 520 g/mol. The van der Waals surface area contributed by atoms with E-state index in [2.05, 4.69) is 0 Å². The quantitative estimate of drug-likeness (QED) is 0.349. The first-order chi connectivity index (χ1) is 17.9. The third kappa shape index (κ3) is 4.72. The first-order valence-electron chi connectivity index (χ1n) is 12.1. The summed E-state index contributed by atoms with van der Waals surface area (Å²) in [6.45, 7) is 0.436. The van der Waals surface area contributed by atoms with Gasteiger partial charge >= 0.3 is 0 Å². The van der Waals surface area contributed by atoms with Gasteiger partial charge in [0.25, 0.3) is 0 Å². The average Bonchev–Trinajstić information content (AvgIpc) is 3.52. The summed E-state index contributed by atoms with van der Waals surface area (Å²) >= 11 is 0.